The van der Waals surface area contributed by atoms with Gasteiger partial charge in [-0.25, -0.2) is 0 Å². The summed E-state index contributed by atoms with van der Waals surface area (Å²) in [5, 5.41) is 26.9. The number of amides is 1. The first-order valence-electron chi connectivity index (χ1n) is 9.31. The lowest BCUT2D eigenvalue weighted by Crippen LogP contribution is -2.33. The second kappa shape index (κ2) is 12.2. The molecule has 6 nitrogen and oxygen atoms in total. The summed E-state index contributed by atoms with van der Waals surface area (Å²) in [6, 6.07) is 9.96. The number of carbonyl (C=O) groups is 1. The van der Waals surface area contributed by atoms with Crippen LogP contribution in [0.3, 0.4) is 0 Å². The van der Waals surface area contributed by atoms with Crippen LogP contribution in [0.25, 0.3) is 0 Å². The molecule has 0 aliphatic rings. The number of halogens is 3. The summed E-state index contributed by atoms with van der Waals surface area (Å²) in [6.07, 6.45) is -0.0215. The van der Waals surface area contributed by atoms with E-state index in [0.717, 1.165) is 11.1 Å². The second-order valence-electron chi connectivity index (χ2n) is 7.11. The van der Waals surface area contributed by atoms with Crippen molar-refractivity contribution in [3.05, 3.63) is 57.6 Å². The lowest BCUT2D eigenvalue weighted by atomic mass is 10.0. The maximum atomic E-state index is 11.7. The van der Waals surface area contributed by atoms with Gasteiger partial charge in [0.25, 0.3) is 0 Å². The largest absolute Gasteiger partial charge is 0.508 e. The van der Waals surface area contributed by atoms with E-state index in [4.69, 9.17) is 23.2 Å². The van der Waals surface area contributed by atoms with E-state index in [1.807, 2.05) is 19.1 Å². The van der Waals surface area contributed by atoms with Gasteiger partial charge in [0.2, 0.25) is 5.91 Å². The van der Waals surface area contributed by atoms with E-state index in [1.165, 1.54) is 4.90 Å². The molecule has 30 heavy (non-hydrogen) atoms. The summed E-state index contributed by atoms with van der Waals surface area (Å²) in [5.74, 6) is 0.0888. The Morgan fingerprint density at radius 1 is 1.13 bits per heavy atom. The fraction of sp³-hybridized carbons (Fsp3) is 0.381. The molecule has 0 aliphatic carbocycles. The Hall–Kier alpha value is -1.70. The molecule has 0 bridgehead atoms. The van der Waals surface area contributed by atoms with Gasteiger partial charge >= 0.3 is 0 Å². The zero-order chi connectivity index (χ0) is 21.6. The molecule has 9 heteroatoms. The van der Waals surface area contributed by atoms with Gasteiger partial charge in [-0.05, 0) is 55.3 Å². The first kappa shape index (κ1) is 26.3. The van der Waals surface area contributed by atoms with Gasteiger partial charge in [-0.1, -0.05) is 35.3 Å². The van der Waals surface area contributed by atoms with E-state index in [9.17, 15) is 15.0 Å². The number of rotatable bonds is 9. The van der Waals surface area contributed by atoms with Crippen LogP contribution < -0.4 is 10.6 Å². The average Bonchev–Trinajstić information content (AvgIpc) is 2.67. The monoisotopic (exact) mass is 475 g/mol. The summed E-state index contributed by atoms with van der Waals surface area (Å²) in [7, 11) is 3.37. The highest BCUT2D eigenvalue weighted by atomic mass is 35.5. The molecule has 2 aromatic carbocycles. The lowest BCUT2D eigenvalue weighted by Gasteiger charge is -2.21. The number of aliphatic hydroxyl groups excluding tert-OH is 1. The Labute approximate surface area is 193 Å². The van der Waals surface area contributed by atoms with E-state index in [-0.39, 0.29) is 36.7 Å². The van der Waals surface area contributed by atoms with E-state index in [1.54, 1.807) is 38.4 Å². The van der Waals surface area contributed by atoms with Gasteiger partial charge in [0, 0.05) is 20.1 Å². The molecule has 0 saturated heterocycles. The van der Waals surface area contributed by atoms with Crippen LogP contribution in [0.5, 0.6) is 5.75 Å². The number of nitrogens with zero attached hydrogens (tertiary/aromatic N) is 1. The number of nitrogens with one attached hydrogen (secondary N) is 2. The molecule has 0 saturated carbocycles. The highest BCUT2D eigenvalue weighted by Crippen LogP contribution is 2.32. The molecule has 1 amide bonds. The summed E-state index contributed by atoms with van der Waals surface area (Å²) < 4.78 is 0. The molecule has 0 spiro atoms. The van der Waals surface area contributed by atoms with E-state index in [0.29, 0.717) is 28.7 Å². The van der Waals surface area contributed by atoms with E-state index >= 15 is 0 Å². The van der Waals surface area contributed by atoms with Crippen molar-refractivity contribution in [1.82, 2.24) is 10.2 Å². The minimum atomic E-state index is -0.691. The highest BCUT2D eigenvalue weighted by molar-refractivity contribution is 6.39. The number of aromatic hydroxyl groups is 1. The van der Waals surface area contributed by atoms with E-state index < -0.39 is 6.10 Å². The van der Waals surface area contributed by atoms with Crippen LogP contribution in [0.4, 0.5) is 5.69 Å². The van der Waals surface area contributed by atoms with Crippen LogP contribution in [0.2, 0.25) is 10.0 Å². The number of likely N-dealkylation sites (N-methyl/N-ethyl adjacent to an activating group) is 1. The number of phenolic OH excluding ortho intramolecular Hbond substituents is 1. The van der Waals surface area contributed by atoms with Crippen LogP contribution in [0, 0.1) is 0 Å². The van der Waals surface area contributed by atoms with Gasteiger partial charge < -0.3 is 25.7 Å². The van der Waals surface area contributed by atoms with Crippen molar-refractivity contribution in [3.8, 4) is 5.75 Å². The average molecular weight is 477 g/mol. The Balaban J connectivity index is 0.00000450. The van der Waals surface area contributed by atoms with Crippen molar-refractivity contribution in [3.63, 3.8) is 0 Å². The Bertz CT molecular complexity index is 809. The summed E-state index contributed by atoms with van der Waals surface area (Å²) in [4.78, 5) is 13.2. The number of benzene rings is 2. The molecule has 0 aliphatic heterocycles. The minimum Gasteiger partial charge on any atom is -0.508 e. The predicted molar refractivity (Wildman–Crippen MR) is 125 cm³/mol. The molecule has 0 heterocycles. The molecular weight excluding hydrogens is 449 g/mol. The van der Waals surface area contributed by atoms with E-state index in [2.05, 4.69) is 10.6 Å². The quantitative estimate of drug-likeness (QED) is 0.441. The van der Waals surface area contributed by atoms with Gasteiger partial charge in [-0.3, -0.25) is 4.79 Å². The predicted octanol–water partition coefficient (Wildman–Crippen LogP) is 3.88. The molecule has 0 aromatic heterocycles. The molecule has 0 radical (unpaired) electrons. The Kier molecular flexibility index (Phi) is 10.7. The summed E-state index contributed by atoms with van der Waals surface area (Å²) >= 11 is 12.7. The van der Waals surface area contributed by atoms with Crippen LogP contribution in [-0.2, 0) is 11.2 Å². The number of phenols is 1. The van der Waals surface area contributed by atoms with Crippen molar-refractivity contribution in [2.45, 2.75) is 25.5 Å². The third-order valence-corrected chi connectivity index (χ3v) is 5.20. The third kappa shape index (κ3) is 7.52. The fourth-order valence-corrected chi connectivity index (χ4v) is 3.44. The molecule has 4 N–H and O–H groups in total. The number of aliphatic hydroxyl groups is 1. The summed E-state index contributed by atoms with van der Waals surface area (Å²) in [6.45, 7) is 2.63. The standard InChI is InChI=1S/C21H27Cl2N3O3.ClH/c1-13(21(29)15-4-6-16(27)7-5-15)24-9-8-14-10-17(22)20(18(23)11-14)25-12-19(28)26(2)3;/h4-7,10-11,13,21,24-25,27,29H,8-9,12H2,1-3H3;1H/t13-,21+;/m0./s1. The van der Waals surface area contributed by atoms with Crippen molar-refractivity contribution < 1.29 is 15.0 Å². The van der Waals surface area contributed by atoms with Gasteiger partial charge in [-0.2, -0.15) is 0 Å². The van der Waals surface area contributed by atoms with Crippen LogP contribution in [-0.4, -0.2) is 54.2 Å². The number of carbonyl (C=O) groups excluding carboxylic acids is 1. The van der Waals surface area contributed by atoms with Crippen molar-refractivity contribution >= 4 is 47.2 Å². The lowest BCUT2D eigenvalue weighted by molar-refractivity contribution is -0.126. The Morgan fingerprint density at radius 2 is 1.70 bits per heavy atom. The van der Waals surface area contributed by atoms with Crippen LogP contribution in [0.15, 0.2) is 36.4 Å². The maximum Gasteiger partial charge on any atom is 0.241 e. The molecule has 2 atom stereocenters. The smallest absolute Gasteiger partial charge is 0.241 e. The molecular formula is C21H28Cl3N3O3. The minimum absolute atomic E-state index is 0. The topological polar surface area (TPSA) is 84.8 Å². The number of anilines is 1. The molecule has 2 rings (SSSR count). The van der Waals surface area contributed by atoms with Crippen LogP contribution in [0.1, 0.15) is 24.2 Å². The van der Waals surface area contributed by atoms with Crippen LogP contribution >= 0.6 is 35.6 Å². The zero-order valence-electron chi connectivity index (χ0n) is 17.2. The maximum absolute atomic E-state index is 11.7. The van der Waals surface area contributed by atoms with Crippen molar-refractivity contribution in [2.75, 3.05) is 32.5 Å². The highest BCUT2D eigenvalue weighted by Gasteiger charge is 2.16. The SMILES string of the molecule is C[C@H](NCCc1cc(Cl)c(NCC(=O)N(C)C)c(Cl)c1)[C@@H](O)c1ccc(O)cc1.Cl. The first-order valence-corrected chi connectivity index (χ1v) is 10.1. The normalized spacial score (nSPS) is 12.6. The fourth-order valence-electron chi connectivity index (χ4n) is 2.78. The molecule has 0 fully saturated rings. The zero-order valence-corrected chi connectivity index (χ0v) is 19.5. The molecule has 2 aromatic rings. The van der Waals surface area contributed by atoms with Gasteiger partial charge in [0.15, 0.2) is 0 Å². The van der Waals surface area contributed by atoms with Crippen molar-refractivity contribution in [1.29, 1.82) is 0 Å². The molecule has 166 valence electrons. The van der Waals surface area contributed by atoms with Gasteiger partial charge in [0.1, 0.15) is 5.75 Å². The van der Waals surface area contributed by atoms with Gasteiger partial charge in [-0.15, -0.1) is 12.4 Å². The van der Waals surface area contributed by atoms with Crippen molar-refractivity contribution in [2.24, 2.45) is 0 Å². The Morgan fingerprint density at radius 3 is 2.23 bits per heavy atom. The molecule has 0 unspecified atom stereocenters. The second-order valence-corrected chi connectivity index (χ2v) is 7.92. The van der Waals surface area contributed by atoms with Gasteiger partial charge in [0.05, 0.1) is 28.4 Å². The summed E-state index contributed by atoms with van der Waals surface area (Å²) in [5.41, 5.74) is 2.22. The number of hydrogen-bond acceptors (Lipinski definition) is 5. The first-order chi connectivity index (χ1) is 13.7. The number of hydrogen-bond donors (Lipinski definition) is 4. The third-order valence-electron chi connectivity index (χ3n) is 4.61.